The Kier molecular flexibility index (Phi) is 6.36. The number of benzene rings is 3. The predicted octanol–water partition coefficient (Wildman–Crippen LogP) is 5.07. The lowest BCUT2D eigenvalue weighted by Crippen LogP contribution is -1.86. The highest BCUT2D eigenvalue weighted by Gasteiger charge is 1.95. The summed E-state index contributed by atoms with van der Waals surface area (Å²) in [6.07, 6.45) is 3.71. The molecule has 0 amide bonds. The molecule has 0 saturated carbocycles. The van der Waals surface area contributed by atoms with Gasteiger partial charge in [-0.05, 0) is 77.4 Å². The number of rotatable bonds is 7. The number of methoxy groups -OCH3 is 2. The van der Waals surface area contributed by atoms with E-state index in [0.717, 1.165) is 33.9 Å². The van der Waals surface area contributed by atoms with Gasteiger partial charge in [0.1, 0.15) is 11.5 Å². The molecular formula is C23H22N2O2. The van der Waals surface area contributed by atoms with Crippen molar-refractivity contribution >= 4 is 18.1 Å². The van der Waals surface area contributed by atoms with E-state index < -0.39 is 0 Å². The van der Waals surface area contributed by atoms with Gasteiger partial charge >= 0.3 is 0 Å². The molecule has 0 saturated heterocycles. The summed E-state index contributed by atoms with van der Waals surface area (Å²) < 4.78 is 10.3. The van der Waals surface area contributed by atoms with Crippen LogP contribution in [0.25, 0.3) is 0 Å². The largest absolute Gasteiger partial charge is 0.497 e. The van der Waals surface area contributed by atoms with Crippen LogP contribution >= 0.6 is 0 Å². The Labute approximate surface area is 159 Å². The third-order valence-electron chi connectivity index (χ3n) is 4.04. The first-order valence-electron chi connectivity index (χ1n) is 8.68. The Morgan fingerprint density at radius 1 is 0.667 bits per heavy atom. The number of ether oxygens (including phenoxy) is 2. The van der Waals surface area contributed by atoms with Crippen molar-refractivity contribution in [1.82, 2.24) is 0 Å². The van der Waals surface area contributed by atoms with Crippen molar-refractivity contribution in [3.05, 3.63) is 89.5 Å². The average Bonchev–Trinajstić information content (AvgIpc) is 2.74. The molecule has 0 bridgehead atoms. The normalized spacial score (nSPS) is 11.2. The zero-order valence-corrected chi connectivity index (χ0v) is 15.5. The van der Waals surface area contributed by atoms with Gasteiger partial charge in [-0.25, -0.2) is 0 Å². The molecule has 27 heavy (non-hydrogen) atoms. The summed E-state index contributed by atoms with van der Waals surface area (Å²) in [5.41, 5.74) is 4.14. The minimum Gasteiger partial charge on any atom is -0.497 e. The van der Waals surface area contributed by atoms with Crippen molar-refractivity contribution in [3.63, 3.8) is 0 Å². The molecule has 0 aliphatic rings. The quantitative estimate of drug-likeness (QED) is 0.553. The molecule has 0 N–H and O–H groups in total. The summed E-state index contributed by atoms with van der Waals surface area (Å²) in [7, 11) is 3.32. The van der Waals surface area contributed by atoms with Gasteiger partial charge in [0.15, 0.2) is 0 Å². The Morgan fingerprint density at radius 2 is 1.19 bits per heavy atom. The van der Waals surface area contributed by atoms with Gasteiger partial charge in [0.05, 0.1) is 26.5 Å². The standard InChI is InChI=1S/C23H22N2O2/c1-26-22-11-5-19(6-12-22)16-24-15-18-3-9-21(10-4-18)25-17-20-7-13-23(27-2)14-8-20/h3-14,16-17H,15H2,1-2H3. The van der Waals surface area contributed by atoms with Crippen LogP contribution in [-0.4, -0.2) is 26.6 Å². The summed E-state index contributed by atoms with van der Waals surface area (Å²) in [5, 5.41) is 0. The molecule has 4 heteroatoms. The van der Waals surface area contributed by atoms with Crippen LogP contribution in [0.3, 0.4) is 0 Å². The smallest absolute Gasteiger partial charge is 0.118 e. The molecule has 0 aliphatic carbocycles. The molecule has 0 atom stereocenters. The van der Waals surface area contributed by atoms with Gasteiger partial charge in [-0.15, -0.1) is 0 Å². The zero-order chi connectivity index (χ0) is 18.9. The molecular weight excluding hydrogens is 336 g/mol. The average molecular weight is 358 g/mol. The highest BCUT2D eigenvalue weighted by molar-refractivity contribution is 5.82. The fraction of sp³-hybridized carbons (Fsp3) is 0.130. The highest BCUT2D eigenvalue weighted by Crippen LogP contribution is 2.15. The monoisotopic (exact) mass is 358 g/mol. The maximum Gasteiger partial charge on any atom is 0.118 e. The number of hydrogen-bond donors (Lipinski definition) is 0. The van der Waals surface area contributed by atoms with E-state index in [-0.39, 0.29) is 0 Å². The van der Waals surface area contributed by atoms with E-state index in [0.29, 0.717) is 6.54 Å². The summed E-state index contributed by atoms with van der Waals surface area (Å²) >= 11 is 0. The van der Waals surface area contributed by atoms with Crippen molar-refractivity contribution < 1.29 is 9.47 Å². The Morgan fingerprint density at radius 3 is 1.70 bits per heavy atom. The van der Waals surface area contributed by atoms with Gasteiger partial charge in [-0.1, -0.05) is 12.1 Å². The maximum atomic E-state index is 5.15. The first-order valence-corrected chi connectivity index (χ1v) is 8.68. The molecule has 0 aliphatic heterocycles. The molecule has 0 spiro atoms. The molecule has 0 unspecified atom stereocenters. The van der Waals surface area contributed by atoms with Crippen LogP contribution in [0.15, 0.2) is 82.8 Å². The first-order chi connectivity index (χ1) is 13.3. The Balaban J connectivity index is 1.56. The lowest BCUT2D eigenvalue weighted by Gasteiger charge is -2.00. The SMILES string of the molecule is COc1ccc(C=NCc2ccc(N=Cc3ccc(OC)cc3)cc2)cc1. The van der Waals surface area contributed by atoms with E-state index in [1.54, 1.807) is 14.2 Å². The van der Waals surface area contributed by atoms with Crippen molar-refractivity contribution in [2.24, 2.45) is 9.98 Å². The van der Waals surface area contributed by atoms with Gasteiger partial charge in [0.2, 0.25) is 0 Å². The third-order valence-corrected chi connectivity index (χ3v) is 4.04. The second kappa shape index (κ2) is 9.34. The number of hydrogen-bond acceptors (Lipinski definition) is 4. The molecule has 0 fully saturated rings. The third kappa shape index (κ3) is 5.54. The van der Waals surface area contributed by atoms with Gasteiger partial charge in [-0.3, -0.25) is 9.98 Å². The number of aliphatic imine (C=N–C) groups is 2. The molecule has 3 aromatic rings. The van der Waals surface area contributed by atoms with E-state index in [1.807, 2.05) is 85.2 Å². The van der Waals surface area contributed by atoms with Crippen LogP contribution in [0.5, 0.6) is 11.5 Å². The fourth-order valence-corrected chi connectivity index (χ4v) is 2.47. The van der Waals surface area contributed by atoms with E-state index >= 15 is 0 Å². The van der Waals surface area contributed by atoms with Crippen LogP contribution in [0.2, 0.25) is 0 Å². The van der Waals surface area contributed by atoms with Gasteiger partial charge in [-0.2, -0.15) is 0 Å². The van der Waals surface area contributed by atoms with Crippen LogP contribution in [0.4, 0.5) is 5.69 Å². The van der Waals surface area contributed by atoms with Crippen molar-refractivity contribution in [1.29, 1.82) is 0 Å². The molecule has 4 nitrogen and oxygen atoms in total. The lowest BCUT2D eigenvalue weighted by atomic mass is 10.2. The van der Waals surface area contributed by atoms with E-state index in [2.05, 4.69) is 9.98 Å². The predicted molar refractivity (Wildman–Crippen MR) is 111 cm³/mol. The van der Waals surface area contributed by atoms with E-state index in [9.17, 15) is 0 Å². The summed E-state index contributed by atoms with van der Waals surface area (Å²) in [4.78, 5) is 8.99. The minimum atomic E-state index is 0.633. The molecule has 0 heterocycles. The Hall–Kier alpha value is -3.40. The minimum absolute atomic E-state index is 0.633. The van der Waals surface area contributed by atoms with Crippen molar-refractivity contribution in [3.8, 4) is 11.5 Å². The summed E-state index contributed by atoms with van der Waals surface area (Å²) in [5.74, 6) is 1.68. The molecule has 3 rings (SSSR count). The first kappa shape index (κ1) is 18.4. The lowest BCUT2D eigenvalue weighted by molar-refractivity contribution is 0.414. The van der Waals surface area contributed by atoms with Crippen LogP contribution in [0.1, 0.15) is 16.7 Å². The molecule has 0 radical (unpaired) electrons. The molecule has 0 aromatic heterocycles. The Bertz CT molecular complexity index is 897. The molecule has 136 valence electrons. The van der Waals surface area contributed by atoms with E-state index in [4.69, 9.17) is 9.47 Å². The highest BCUT2D eigenvalue weighted by atomic mass is 16.5. The second-order valence-corrected chi connectivity index (χ2v) is 5.94. The van der Waals surface area contributed by atoms with Crippen molar-refractivity contribution in [2.45, 2.75) is 6.54 Å². The topological polar surface area (TPSA) is 43.2 Å². The number of nitrogens with zero attached hydrogens (tertiary/aromatic N) is 2. The van der Waals surface area contributed by atoms with Crippen LogP contribution < -0.4 is 9.47 Å². The van der Waals surface area contributed by atoms with Gasteiger partial charge < -0.3 is 9.47 Å². The summed E-state index contributed by atoms with van der Waals surface area (Å²) in [6, 6.07) is 23.7. The van der Waals surface area contributed by atoms with Gasteiger partial charge in [0.25, 0.3) is 0 Å². The molecule has 3 aromatic carbocycles. The van der Waals surface area contributed by atoms with Crippen LogP contribution in [0, 0.1) is 0 Å². The van der Waals surface area contributed by atoms with Crippen molar-refractivity contribution in [2.75, 3.05) is 14.2 Å². The zero-order valence-electron chi connectivity index (χ0n) is 15.5. The van der Waals surface area contributed by atoms with Gasteiger partial charge in [0, 0.05) is 12.4 Å². The summed E-state index contributed by atoms with van der Waals surface area (Å²) in [6.45, 7) is 0.633. The van der Waals surface area contributed by atoms with E-state index in [1.165, 1.54) is 0 Å². The maximum absolute atomic E-state index is 5.15. The fourth-order valence-electron chi connectivity index (χ4n) is 2.47. The second-order valence-electron chi connectivity index (χ2n) is 5.94. The van der Waals surface area contributed by atoms with Crippen LogP contribution in [-0.2, 0) is 6.54 Å².